The summed E-state index contributed by atoms with van der Waals surface area (Å²) in [7, 11) is 0. The maximum atomic E-state index is 10.7. The van der Waals surface area contributed by atoms with Gasteiger partial charge < -0.3 is 0 Å². The third kappa shape index (κ3) is 1.83. The van der Waals surface area contributed by atoms with Gasteiger partial charge in [0.05, 0.1) is 0 Å². The van der Waals surface area contributed by atoms with Crippen LogP contribution >= 0.6 is 11.6 Å². The second-order valence-electron chi connectivity index (χ2n) is 2.36. The van der Waals surface area contributed by atoms with Gasteiger partial charge in [0.15, 0.2) is 0 Å². The van der Waals surface area contributed by atoms with Crippen molar-refractivity contribution >= 4 is 17.4 Å². The topological polar surface area (TPSA) is 17.1 Å². The van der Waals surface area contributed by atoms with Gasteiger partial charge >= 0.3 is 0 Å². The number of carbonyl (C=O) groups is 1. The smallest absolute Gasteiger partial charge is 0.133 e. The molecule has 2 heteroatoms. The van der Waals surface area contributed by atoms with Crippen LogP contribution in [0.15, 0.2) is 11.6 Å². The number of Topliss-reactive ketones (excluding diaryl/α,β-unsaturated/α-hetero) is 1. The van der Waals surface area contributed by atoms with Gasteiger partial charge in [0, 0.05) is 18.4 Å². The van der Waals surface area contributed by atoms with Crippen molar-refractivity contribution < 1.29 is 4.79 Å². The number of rotatable bonds is 1. The predicted octanol–water partition coefficient (Wildman–Crippen LogP) is 2.11. The van der Waals surface area contributed by atoms with Crippen LogP contribution in [0, 0.1) is 5.92 Å². The monoisotopic (exact) mass is 144 g/mol. The summed E-state index contributed by atoms with van der Waals surface area (Å²) in [6.07, 6.45) is 4.32. The van der Waals surface area contributed by atoms with Crippen molar-refractivity contribution in [3.05, 3.63) is 11.6 Å². The van der Waals surface area contributed by atoms with E-state index in [9.17, 15) is 4.79 Å². The maximum Gasteiger partial charge on any atom is 0.133 e. The zero-order valence-electron chi connectivity index (χ0n) is 5.14. The Morgan fingerprint density at radius 3 is 2.89 bits per heavy atom. The Kier molecular flexibility index (Phi) is 2.29. The van der Waals surface area contributed by atoms with Crippen LogP contribution in [0.5, 0.6) is 0 Å². The highest BCUT2D eigenvalue weighted by molar-refractivity contribution is 6.25. The first-order chi connectivity index (χ1) is 4.33. The summed E-state index contributed by atoms with van der Waals surface area (Å²) in [6.45, 7) is 0. The van der Waals surface area contributed by atoms with Gasteiger partial charge in [-0.15, -0.1) is 0 Å². The van der Waals surface area contributed by atoms with Crippen molar-refractivity contribution in [2.24, 2.45) is 5.92 Å². The van der Waals surface area contributed by atoms with Gasteiger partial charge in [-0.25, -0.2) is 0 Å². The van der Waals surface area contributed by atoms with Crippen molar-refractivity contribution in [1.29, 1.82) is 0 Å². The Morgan fingerprint density at radius 2 is 2.44 bits per heavy atom. The molecule has 9 heavy (non-hydrogen) atoms. The Bertz CT molecular complexity index is 140. The molecule has 0 saturated heterocycles. The Balaban J connectivity index is 2.39. The molecule has 0 bridgehead atoms. The zero-order chi connectivity index (χ0) is 6.69. The van der Waals surface area contributed by atoms with E-state index < -0.39 is 0 Å². The number of hydrogen-bond donors (Lipinski definition) is 0. The number of carbonyl (C=O) groups excluding carboxylic acids is 1. The molecular weight excluding hydrogens is 136 g/mol. The number of halogens is 1. The molecular formula is C7H9ClO. The average molecular weight is 145 g/mol. The molecule has 1 nitrogen and oxygen atoms in total. The Morgan fingerprint density at radius 1 is 1.67 bits per heavy atom. The fourth-order valence-electron chi connectivity index (χ4n) is 1.11. The molecule has 1 rings (SSSR count). The molecule has 0 heterocycles. The Hall–Kier alpha value is -0.300. The van der Waals surface area contributed by atoms with Crippen molar-refractivity contribution in [3.63, 3.8) is 0 Å². The van der Waals surface area contributed by atoms with E-state index in [0.717, 1.165) is 12.8 Å². The summed E-state index contributed by atoms with van der Waals surface area (Å²) >= 11 is 5.34. The van der Waals surface area contributed by atoms with Gasteiger partial charge in [0.1, 0.15) is 5.78 Å². The second-order valence-corrected chi connectivity index (χ2v) is 2.61. The van der Waals surface area contributed by atoms with Crippen molar-refractivity contribution in [3.8, 4) is 0 Å². The minimum atomic E-state index is 0.370. The number of ketones is 1. The van der Waals surface area contributed by atoms with Crippen molar-refractivity contribution in [2.45, 2.75) is 19.3 Å². The normalized spacial score (nSPS) is 28.1. The van der Waals surface area contributed by atoms with Crippen LogP contribution in [0.1, 0.15) is 19.3 Å². The fraction of sp³-hybridized carbons (Fsp3) is 0.571. The van der Waals surface area contributed by atoms with Crippen molar-refractivity contribution in [2.75, 3.05) is 0 Å². The minimum absolute atomic E-state index is 0.370. The molecule has 0 N–H and O–H groups in total. The summed E-state index contributed by atoms with van der Waals surface area (Å²) < 4.78 is 0. The first kappa shape index (κ1) is 6.81. The van der Waals surface area contributed by atoms with Crippen molar-refractivity contribution in [1.82, 2.24) is 0 Å². The van der Waals surface area contributed by atoms with Crippen LogP contribution in [0.4, 0.5) is 0 Å². The van der Waals surface area contributed by atoms with E-state index in [1.165, 1.54) is 5.54 Å². The lowest BCUT2D eigenvalue weighted by atomic mass is 10.1. The van der Waals surface area contributed by atoms with E-state index >= 15 is 0 Å². The Labute approximate surface area is 59.7 Å². The van der Waals surface area contributed by atoms with E-state index in [4.69, 9.17) is 11.6 Å². The molecule has 0 aliphatic heterocycles. The first-order valence-corrected chi connectivity index (χ1v) is 3.55. The quantitative estimate of drug-likeness (QED) is 0.551. The van der Waals surface area contributed by atoms with Gasteiger partial charge in [-0.3, -0.25) is 4.79 Å². The average Bonchev–Trinajstić information content (AvgIpc) is 2.17. The van der Waals surface area contributed by atoms with Crippen LogP contribution in [-0.4, -0.2) is 5.78 Å². The van der Waals surface area contributed by atoms with Gasteiger partial charge in [-0.2, -0.15) is 0 Å². The van der Waals surface area contributed by atoms with Gasteiger partial charge in [-0.1, -0.05) is 17.7 Å². The van der Waals surface area contributed by atoms with Crippen LogP contribution < -0.4 is 0 Å². The SMILES string of the molecule is O=C1CC[C@@H](/C=C/Cl)C1. The molecule has 1 aliphatic carbocycles. The fourth-order valence-corrected chi connectivity index (χ4v) is 1.32. The summed E-state index contributed by atoms with van der Waals surface area (Å²) in [5, 5.41) is 0. The number of hydrogen-bond acceptors (Lipinski definition) is 1. The standard InChI is InChI=1S/C7H9ClO/c8-4-3-6-1-2-7(9)5-6/h3-4,6H,1-2,5H2/b4-3+/t6-/m0/s1. The molecule has 1 saturated carbocycles. The second kappa shape index (κ2) is 3.02. The third-order valence-electron chi connectivity index (χ3n) is 1.63. The maximum absolute atomic E-state index is 10.7. The molecule has 0 spiro atoms. The zero-order valence-corrected chi connectivity index (χ0v) is 5.90. The number of allylic oxidation sites excluding steroid dienone is 1. The van der Waals surface area contributed by atoms with Crippen LogP contribution in [0.3, 0.4) is 0 Å². The van der Waals surface area contributed by atoms with E-state index in [1.807, 2.05) is 6.08 Å². The van der Waals surface area contributed by atoms with Gasteiger partial charge in [0.25, 0.3) is 0 Å². The van der Waals surface area contributed by atoms with E-state index in [0.29, 0.717) is 18.1 Å². The van der Waals surface area contributed by atoms with E-state index in [2.05, 4.69) is 0 Å². The highest BCUT2D eigenvalue weighted by Gasteiger charge is 2.18. The molecule has 50 valence electrons. The molecule has 1 aliphatic rings. The van der Waals surface area contributed by atoms with Gasteiger partial charge in [-0.05, 0) is 12.3 Å². The van der Waals surface area contributed by atoms with Crippen LogP contribution in [0.2, 0.25) is 0 Å². The molecule has 0 amide bonds. The highest BCUT2D eigenvalue weighted by atomic mass is 35.5. The summed E-state index contributed by atoms with van der Waals surface area (Å²) in [4.78, 5) is 10.7. The highest BCUT2D eigenvalue weighted by Crippen LogP contribution is 2.22. The molecule has 0 unspecified atom stereocenters. The van der Waals surface area contributed by atoms with E-state index in [1.54, 1.807) is 0 Å². The summed E-state index contributed by atoms with van der Waals surface area (Å²) in [5.74, 6) is 0.796. The molecule has 1 atom stereocenters. The lowest BCUT2D eigenvalue weighted by Gasteiger charge is -1.94. The van der Waals surface area contributed by atoms with Crippen LogP contribution in [0.25, 0.3) is 0 Å². The summed E-state index contributed by atoms with van der Waals surface area (Å²) in [6, 6.07) is 0. The molecule has 0 radical (unpaired) electrons. The largest absolute Gasteiger partial charge is 0.300 e. The lowest BCUT2D eigenvalue weighted by molar-refractivity contribution is -0.117. The molecule has 0 aromatic heterocycles. The lowest BCUT2D eigenvalue weighted by Crippen LogP contribution is -1.89. The molecule has 0 aromatic carbocycles. The van der Waals surface area contributed by atoms with Crippen LogP contribution in [-0.2, 0) is 4.79 Å². The van der Waals surface area contributed by atoms with E-state index in [-0.39, 0.29) is 0 Å². The van der Waals surface area contributed by atoms with Gasteiger partial charge in [0.2, 0.25) is 0 Å². The minimum Gasteiger partial charge on any atom is -0.300 e. The third-order valence-corrected chi connectivity index (χ3v) is 1.77. The summed E-state index contributed by atoms with van der Waals surface area (Å²) in [5.41, 5.74) is 1.50. The molecule has 1 fully saturated rings. The molecule has 0 aromatic rings. The predicted molar refractivity (Wildman–Crippen MR) is 37.3 cm³/mol. The first-order valence-electron chi connectivity index (χ1n) is 3.11.